The van der Waals surface area contributed by atoms with E-state index in [9.17, 15) is 18.1 Å². The van der Waals surface area contributed by atoms with Gasteiger partial charge in [-0.25, -0.2) is 4.98 Å². The molecule has 0 amide bonds. The fourth-order valence-corrected chi connectivity index (χ4v) is 7.84. The van der Waals surface area contributed by atoms with E-state index in [1.807, 2.05) is 0 Å². The number of alkyl halides is 3. The van der Waals surface area contributed by atoms with Crippen LogP contribution < -0.4 is 16.0 Å². The molecule has 0 saturated carbocycles. The highest BCUT2D eigenvalue weighted by atomic mass is 31.1. The second-order valence-corrected chi connectivity index (χ2v) is 12.2. The second kappa shape index (κ2) is 9.51. The van der Waals surface area contributed by atoms with Gasteiger partial charge in [0.05, 0.1) is 30.2 Å². The Balaban J connectivity index is 1.36. The van der Waals surface area contributed by atoms with Crippen LogP contribution in [0.15, 0.2) is 24.3 Å². The van der Waals surface area contributed by atoms with E-state index in [1.54, 1.807) is 23.6 Å². The minimum atomic E-state index is -4.50. The monoisotopic (exact) mass is 549 g/mol. The van der Waals surface area contributed by atoms with E-state index in [4.69, 9.17) is 15.6 Å². The third-order valence-electron chi connectivity index (χ3n) is 7.78. The van der Waals surface area contributed by atoms with Gasteiger partial charge in [0.2, 0.25) is 0 Å². The minimum absolute atomic E-state index is 0.0524. The number of nitrogen functional groups attached to an aromatic ring is 1. The number of ether oxygens (including phenoxy) is 1. The van der Waals surface area contributed by atoms with Gasteiger partial charge in [0, 0.05) is 51.6 Å². The zero-order valence-electron chi connectivity index (χ0n) is 21.1. The Morgan fingerprint density at radius 2 is 1.97 bits per heavy atom. The number of aryl methyl sites for hydroxylation is 1. The largest absolute Gasteiger partial charge is 0.416 e. The number of imidazole rings is 1. The number of halogens is 3. The minimum Gasteiger partial charge on any atom is -0.396 e. The molecule has 4 N–H and O–H groups in total. The Hall–Kier alpha value is -2.66. The lowest BCUT2D eigenvalue weighted by atomic mass is 9.91. The number of nitrogens with one attached hydrogen (secondary N) is 1. The van der Waals surface area contributed by atoms with E-state index in [-0.39, 0.29) is 17.5 Å². The second-order valence-electron chi connectivity index (χ2n) is 10.6. The van der Waals surface area contributed by atoms with Crippen molar-refractivity contribution in [2.45, 2.75) is 26.1 Å². The van der Waals surface area contributed by atoms with Gasteiger partial charge in [-0.3, -0.25) is 4.90 Å². The van der Waals surface area contributed by atoms with Crippen molar-refractivity contribution in [2.75, 3.05) is 67.7 Å². The van der Waals surface area contributed by atoms with E-state index in [1.165, 1.54) is 6.07 Å². The third-order valence-corrected chi connectivity index (χ3v) is 9.85. The number of morpholine rings is 1. The molecule has 13 heteroatoms. The highest BCUT2D eigenvalue weighted by Crippen LogP contribution is 2.58. The summed E-state index contributed by atoms with van der Waals surface area (Å²) in [7, 11) is -0.902. The lowest BCUT2D eigenvalue weighted by molar-refractivity contribution is -0.138. The topological polar surface area (TPSA) is 104 Å². The Morgan fingerprint density at radius 3 is 2.68 bits per heavy atom. The average molecular weight is 550 g/mol. The van der Waals surface area contributed by atoms with E-state index in [0.717, 1.165) is 24.8 Å². The van der Waals surface area contributed by atoms with Crippen molar-refractivity contribution in [1.82, 2.24) is 19.5 Å². The molecule has 3 aliphatic heterocycles. The number of rotatable bonds is 5. The molecule has 5 heterocycles. The van der Waals surface area contributed by atoms with E-state index >= 15 is 0 Å². The molecule has 1 aromatic carbocycles. The molecule has 38 heavy (non-hydrogen) atoms. The van der Waals surface area contributed by atoms with Gasteiger partial charge in [-0.15, -0.1) is 5.10 Å². The summed E-state index contributed by atoms with van der Waals surface area (Å²) in [6.07, 6.45) is -2.03. The third kappa shape index (κ3) is 4.68. The molecule has 3 saturated heterocycles. The fraction of sp³-hybridized carbons (Fsp3) is 0.520. The maximum Gasteiger partial charge on any atom is 0.416 e. The van der Waals surface area contributed by atoms with Crippen LogP contribution in [0.2, 0.25) is 0 Å². The molecule has 3 fully saturated rings. The van der Waals surface area contributed by atoms with E-state index < -0.39 is 19.9 Å². The Morgan fingerprint density at radius 1 is 1.21 bits per heavy atom. The first-order chi connectivity index (χ1) is 18.1. The van der Waals surface area contributed by atoms with Gasteiger partial charge in [0.15, 0.2) is 17.3 Å². The number of benzene rings is 1. The molecule has 3 aromatic rings. The number of nitrogens with zero attached hydrogens (tertiary/aromatic N) is 5. The maximum absolute atomic E-state index is 14.2. The summed E-state index contributed by atoms with van der Waals surface area (Å²) in [5.74, 6) is 1.14. The summed E-state index contributed by atoms with van der Waals surface area (Å²) in [5.41, 5.74) is 7.74. The van der Waals surface area contributed by atoms with Crippen LogP contribution in [0.3, 0.4) is 0 Å². The molecule has 1 spiro atoms. The smallest absolute Gasteiger partial charge is 0.396 e. The van der Waals surface area contributed by atoms with Crippen LogP contribution >= 0.6 is 8.15 Å². The van der Waals surface area contributed by atoms with Gasteiger partial charge >= 0.3 is 6.18 Å². The lowest BCUT2D eigenvalue weighted by Crippen LogP contribution is -2.40. The van der Waals surface area contributed by atoms with Crippen molar-refractivity contribution >= 4 is 36.8 Å². The SMILES string of the molecule is Cc1nc2c(N)cc(N3CCOCC3)nn2c1Nc1cccc(C(F)(F)F)c1CN1CCC2(C1)CP(O)C2. The highest BCUT2D eigenvalue weighted by molar-refractivity contribution is 7.53. The maximum atomic E-state index is 14.2. The van der Waals surface area contributed by atoms with Crippen molar-refractivity contribution in [3.8, 4) is 0 Å². The molecule has 9 nitrogen and oxygen atoms in total. The summed E-state index contributed by atoms with van der Waals surface area (Å²) in [6, 6.07) is 6.00. The van der Waals surface area contributed by atoms with Crippen molar-refractivity contribution < 1.29 is 22.8 Å². The van der Waals surface area contributed by atoms with E-state index in [2.05, 4.69) is 20.1 Å². The zero-order valence-corrected chi connectivity index (χ0v) is 22.0. The molecule has 6 rings (SSSR count). The lowest BCUT2D eigenvalue weighted by Gasteiger charge is -2.42. The van der Waals surface area contributed by atoms with E-state index in [0.29, 0.717) is 73.7 Å². The number of aromatic nitrogens is 3. The number of likely N-dealkylation sites (tertiary alicyclic amines) is 1. The first-order valence-electron chi connectivity index (χ1n) is 12.7. The van der Waals surface area contributed by atoms with Crippen LogP contribution in [0.5, 0.6) is 0 Å². The number of anilines is 4. The number of hydrogen-bond donors (Lipinski definition) is 3. The van der Waals surface area contributed by atoms with Gasteiger partial charge < -0.3 is 25.6 Å². The molecular formula is C25H31F3N7O2P. The average Bonchev–Trinajstić information content (AvgIpc) is 3.41. The van der Waals surface area contributed by atoms with Gasteiger partial charge in [-0.2, -0.15) is 17.7 Å². The molecule has 0 bridgehead atoms. The standard InChI is InChI=1S/C25H31F3N7O2P/c1-16-22(35-23(30-16)19(29)11-21(32-35)34-7-9-37-10-8-34)31-20-4-2-3-18(25(26,27)28)17(20)12-33-6-5-24(13-33)14-38(36)15-24/h2-4,11,31,36H,5-10,12-15,29H2,1H3. The quantitative estimate of drug-likeness (QED) is 0.413. The Bertz CT molecular complexity index is 1350. The molecule has 0 aliphatic carbocycles. The van der Waals surface area contributed by atoms with Crippen molar-refractivity contribution in [3.63, 3.8) is 0 Å². The first kappa shape index (κ1) is 25.6. The normalized spacial score (nSPS) is 24.3. The van der Waals surface area contributed by atoms with Crippen LogP contribution in [0.1, 0.15) is 23.2 Å². The summed E-state index contributed by atoms with van der Waals surface area (Å²) >= 11 is 0. The molecule has 3 aliphatic rings. The number of nitrogens with two attached hydrogens (primary N) is 1. The van der Waals surface area contributed by atoms with Crippen LogP contribution in [-0.2, 0) is 17.5 Å². The van der Waals surface area contributed by atoms with Crippen molar-refractivity contribution in [3.05, 3.63) is 41.1 Å². The summed E-state index contributed by atoms with van der Waals surface area (Å²) in [4.78, 5) is 18.6. The van der Waals surface area contributed by atoms with Gasteiger partial charge in [0.1, 0.15) is 0 Å². The first-order valence-corrected chi connectivity index (χ1v) is 14.4. The number of fused-ring (bicyclic) bond motifs is 1. The van der Waals surface area contributed by atoms with Gasteiger partial charge in [-0.05, 0) is 49.8 Å². The predicted octanol–water partition coefficient (Wildman–Crippen LogP) is 3.81. The van der Waals surface area contributed by atoms with Crippen LogP contribution in [0.4, 0.5) is 36.2 Å². The predicted molar refractivity (Wildman–Crippen MR) is 141 cm³/mol. The molecule has 2 aromatic heterocycles. The van der Waals surface area contributed by atoms with Gasteiger partial charge in [-0.1, -0.05) is 6.07 Å². The highest BCUT2D eigenvalue weighted by Gasteiger charge is 2.48. The molecule has 0 atom stereocenters. The van der Waals surface area contributed by atoms with Crippen LogP contribution in [0.25, 0.3) is 5.65 Å². The molecule has 204 valence electrons. The summed E-state index contributed by atoms with van der Waals surface area (Å²) < 4.78 is 49.5. The van der Waals surface area contributed by atoms with Crippen molar-refractivity contribution in [2.24, 2.45) is 5.41 Å². The summed E-state index contributed by atoms with van der Waals surface area (Å²) in [6.45, 7) is 5.86. The Labute approximate surface area is 219 Å². The molecular weight excluding hydrogens is 518 g/mol. The van der Waals surface area contributed by atoms with Crippen molar-refractivity contribution in [1.29, 1.82) is 0 Å². The van der Waals surface area contributed by atoms with Gasteiger partial charge in [0.25, 0.3) is 0 Å². The Kier molecular flexibility index (Phi) is 6.41. The van der Waals surface area contributed by atoms with Crippen LogP contribution in [-0.4, -0.2) is 76.1 Å². The fourth-order valence-electron chi connectivity index (χ4n) is 5.87. The van der Waals surface area contributed by atoms with Crippen LogP contribution in [0, 0.1) is 12.3 Å². The number of hydrogen-bond acceptors (Lipinski definition) is 8. The molecule has 0 unspecified atom stereocenters. The summed E-state index contributed by atoms with van der Waals surface area (Å²) in [5, 5.41) is 7.99. The zero-order chi connectivity index (χ0) is 26.7. The molecule has 0 radical (unpaired) electrons.